The van der Waals surface area contributed by atoms with E-state index in [9.17, 15) is 19.7 Å². The molecule has 1 unspecified atom stereocenters. The number of ether oxygens (including phenoxy) is 1. The molecule has 3 aromatic rings. The Balaban J connectivity index is 1.83. The monoisotopic (exact) mass is 454 g/mol. The third-order valence-electron chi connectivity index (χ3n) is 4.59. The number of rotatable bonds is 7. The van der Waals surface area contributed by atoms with Crippen LogP contribution in [0.25, 0.3) is 0 Å². The number of hydrogen-bond acceptors (Lipinski definition) is 7. The predicted molar refractivity (Wildman–Crippen MR) is 120 cm³/mol. The molecule has 2 aromatic carbocycles. The van der Waals surface area contributed by atoms with E-state index in [2.05, 4.69) is 20.4 Å². The van der Waals surface area contributed by atoms with Crippen molar-refractivity contribution in [3.8, 4) is 0 Å². The molecule has 0 saturated heterocycles. The summed E-state index contributed by atoms with van der Waals surface area (Å²) in [6.45, 7) is 1.83. The van der Waals surface area contributed by atoms with Crippen LogP contribution < -0.4 is 10.6 Å². The van der Waals surface area contributed by atoms with Crippen molar-refractivity contribution < 1.29 is 19.2 Å². The number of pyridine rings is 1. The van der Waals surface area contributed by atoms with E-state index in [1.807, 2.05) is 13.0 Å². The summed E-state index contributed by atoms with van der Waals surface area (Å²) in [5.41, 5.74) is 1.15. The van der Waals surface area contributed by atoms with Crippen molar-refractivity contribution in [2.45, 2.75) is 13.0 Å². The molecule has 164 valence electrons. The van der Waals surface area contributed by atoms with Crippen LogP contribution in [-0.2, 0) is 4.74 Å². The standard InChI is InChI=1S/C22H19ClN4O5/c1-13(18-5-3-4-10-24-18)25-19-9-6-14(11-20(19)27(30)31)21(28)26-15-7-8-17(23)16(12-15)22(29)32-2/h3-13,25H,1-2H3,(H,26,28). The summed E-state index contributed by atoms with van der Waals surface area (Å²) in [7, 11) is 1.22. The number of halogens is 1. The molecule has 32 heavy (non-hydrogen) atoms. The van der Waals surface area contributed by atoms with Crippen molar-refractivity contribution in [3.63, 3.8) is 0 Å². The summed E-state index contributed by atoms with van der Waals surface area (Å²) in [6.07, 6.45) is 1.64. The first-order valence-corrected chi connectivity index (χ1v) is 9.83. The smallest absolute Gasteiger partial charge is 0.339 e. The molecule has 3 rings (SSSR count). The van der Waals surface area contributed by atoms with E-state index in [1.54, 1.807) is 18.3 Å². The zero-order valence-electron chi connectivity index (χ0n) is 17.2. The molecule has 0 radical (unpaired) electrons. The van der Waals surface area contributed by atoms with Crippen molar-refractivity contribution in [2.75, 3.05) is 17.7 Å². The van der Waals surface area contributed by atoms with Gasteiger partial charge in [-0.1, -0.05) is 17.7 Å². The minimum absolute atomic E-state index is 0.0716. The minimum Gasteiger partial charge on any atom is -0.465 e. The quantitative estimate of drug-likeness (QED) is 0.297. The fourth-order valence-corrected chi connectivity index (χ4v) is 3.15. The fraction of sp³-hybridized carbons (Fsp3) is 0.136. The molecular formula is C22H19ClN4O5. The topological polar surface area (TPSA) is 123 Å². The lowest BCUT2D eigenvalue weighted by Gasteiger charge is -2.15. The average Bonchev–Trinajstić information content (AvgIpc) is 2.80. The van der Waals surface area contributed by atoms with Crippen molar-refractivity contribution in [3.05, 3.63) is 92.8 Å². The lowest BCUT2D eigenvalue weighted by atomic mass is 10.1. The van der Waals surface area contributed by atoms with Crippen molar-refractivity contribution in [1.29, 1.82) is 0 Å². The van der Waals surface area contributed by atoms with Gasteiger partial charge in [0.15, 0.2) is 0 Å². The largest absolute Gasteiger partial charge is 0.465 e. The van der Waals surface area contributed by atoms with Crippen LogP contribution in [0.1, 0.15) is 39.4 Å². The number of aromatic nitrogens is 1. The second kappa shape index (κ2) is 9.88. The van der Waals surface area contributed by atoms with Gasteiger partial charge in [0.05, 0.1) is 34.4 Å². The highest BCUT2D eigenvalue weighted by Crippen LogP contribution is 2.29. The van der Waals surface area contributed by atoms with Crippen molar-refractivity contribution >= 4 is 40.5 Å². The van der Waals surface area contributed by atoms with E-state index < -0.39 is 16.8 Å². The van der Waals surface area contributed by atoms with E-state index in [1.165, 1.54) is 43.5 Å². The summed E-state index contributed by atoms with van der Waals surface area (Å²) in [5, 5.41) is 17.4. The number of hydrogen-bond donors (Lipinski definition) is 2. The SMILES string of the molecule is COC(=O)c1cc(NC(=O)c2ccc(NC(C)c3ccccn3)c([N+](=O)[O-])c2)ccc1Cl. The van der Waals surface area contributed by atoms with Gasteiger partial charge in [0, 0.05) is 23.5 Å². The van der Waals surface area contributed by atoms with Crippen molar-refractivity contribution in [2.24, 2.45) is 0 Å². The Labute approximate surface area is 188 Å². The molecule has 1 amide bonds. The van der Waals surface area contributed by atoms with E-state index in [4.69, 9.17) is 11.6 Å². The lowest BCUT2D eigenvalue weighted by Crippen LogP contribution is -2.14. The number of nitro benzene ring substituents is 1. The molecule has 1 atom stereocenters. The van der Waals surface area contributed by atoms with Gasteiger partial charge in [-0.2, -0.15) is 0 Å². The Morgan fingerprint density at radius 1 is 1.16 bits per heavy atom. The maximum atomic E-state index is 12.7. The number of nitrogens with one attached hydrogen (secondary N) is 2. The molecule has 0 saturated carbocycles. The fourth-order valence-electron chi connectivity index (χ4n) is 2.96. The first-order valence-electron chi connectivity index (χ1n) is 9.45. The van der Waals surface area contributed by atoms with Crippen LogP contribution in [-0.4, -0.2) is 28.9 Å². The Bertz CT molecular complexity index is 1170. The normalized spacial score (nSPS) is 11.3. The molecule has 0 bridgehead atoms. The molecular weight excluding hydrogens is 436 g/mol. The number of carbonyl (C=O) groups is 2. The number of methoxy groups -OCH3 is 1. The van der Waals surface area contributed by atoms with Crippen LogP contribution in [0.15, 0.2) is 60.8 Å². The van der Waals surface area contributed by atoms with Gasteiger partial charge in [-0.25, -0.2) is 4.79 Å². The van der Waals surface area contributed by atoms with Crippen LogP contribution in [0.4, 0.5) is 17.1 Å². The number of nitrogens with zero attached hydrogens (tertiary/aromatic N) is 2. The Hall–Kier alpha value is -3.98. The van der Waals surface area contributed by atoms with Gasteiger partial charge in [-0.3, -0.25) is 19.9 Å². The van der Waals surface area contributed by atoms with Crippen LogP contribution in [0.2, 0.25) is 5.02 Å². The highest BCUT2D eigenvalue weighted by atomic mass is 35.5. The number of esters is 1. The third-order valence-corrected chi connectivity index (χ3v) is 4.92. The highest BCUT2D eigenvalue weighted by Gasteiger charge is 2.20. The van der Waals surface area contributed by atoms with Gasteiger partial charge >= 0.3 is 5.97 Å². The van der Waals surface area contributed by atoms with Gasteiger partial charge in [-0.15, -0.1) is 0 Å². The van der Waals surface area contributed by atoms with E-state index >= 15 is 0 Å². The van der Waals surface area contributed by atoms with E-state index in [0.29, 0.717) is 5.69 Å². The van der Waals surface area contributed by atoms with E-state index in [-0.39, 0.29) is 39.3 Å². The number of benzene rings is 2. The number of nitro groups is 1. The first kappa shape index (κ1) is 22.7. The first-order chi connectivity index (χ1) is 15.3. The van der Waals surface area contributed by atoms with Crippen LogP contribution in [0, 0.1) is 10.1 Å². The summed E-state index contributed by atoms with van der Waals surface area (Å²) in [5.74, 6) is -1.24. The lowest BCUT2D eigenvalue weighted by molar-refractivity contribution is -0.384. The molecule has 0 aliphatic heterocycles. The maximum Gasteiger partial charge on any atom is 0.339 e. The molecule has 0 spiro atoms. The number of anilines is 2. The zero-order chi connectivity index (χ0) is 23.3. The second-order valence-electron chi connectivity index (χ2n) is 6.75. The van der Waals surface area contributed by atoms with Gasteiger partial charge in [0.2, 0.25) is 0 Å². The predicted octanol–water partition coefficient (Wildman–Crippen LogP) is 4.86. The van der Waals surface area contributed by atoms with Crippen molar-refractivity contribution in [1.82, 2.24) is 4.98 Å². The average molecular weight is 455 g/mol. The molecule has 2 N–H and O–H groups in total. The summed E-state index contributed by atoms with van der Waals surface area (Å²) in [4.78, 5) is 39.7. The second-order valence-corrected chi connectivity index (χ2v) is 7.16. The Morgan fingerprint density at radius 3 is 2.59 bits per heavy atom. The van der Waals surface area contributed by atoms with Crippen LogP contribution >= 0.6 is 11.6 Å². The van der Waals surface area contributed by atoms with Gasteiger partial charge in [0.25, 0.3) is 11.6 Å². The molecule has 0 aliphatic carbocycles. The summed E-state index contributed by atoms with van der Waals surface area (Å²) < 4.78 is 4.66. The molecule has 10 heteroatoms. The zero-order valence-corrected chi connectivity index (χ0v) is 17.9. The van der Waals surface area contributed by atoms with Gasteiger partial charge < -0.3 is 15.4 Å². The number of amides is 1. The van der Waals surface area contributed by atoms with Crippen LogP contribution in [0.5, 0.6) is 0 Å². The summed E-state index contributed by atoms with van der Waals surface area (Å²) >= 11 is 5.98. The van der Waals surface area contributed by atoms with Crippen LogP contribution in [0.3, 0.4) is 0 Å². The van der Waals surface area contributed by atoms with Gasteiger partial charge in [0.1, 0.15) is 5.69 Å². The molecule has 9 nitrogen and oxygen atoms in total. The molecule has 0 aliphatic rings. The highest BCUT2D eigenvalue weighted by molar-refractivity contribution is 6.33. The molecule has 1 heterocycles. The molecule has 1 aromatic heterocycles. The van der Waals surface area contributed by atoms with E-state index in [0.717, 1.165) is 0 Å². The maximum absolute atomic E-state index is 12.7. The Kier molecular flexibility index (Phi) is 7.01. The minimum atomic E-state index is -0.654. The molecule has 0 fully saturated rings. The summed E-state index contributed by atoms with van der Waals surface area (Å²) in [6, 6.07) is 13.5. The Morgan fingerprint density at radius 2 is 1.94 bits per heavy atom. The van der Waals surface area contributed by atoms with Gasteiger partial charge in [-0.05, 0) is 49.4 Å². The number of carbonyl (C=O) groups excluding carboxylic acids is 2. The third kappa shape index (κ3) is 5.19.